The summed E-state index contributed by atoms with van der Waals surface area (Å²) in [5.41, 5.74) is 3.74. The monoisotopic (exact) mass is 428 g/mol. The van der Waals surface area contributed by atoms with Gasteiger partial charge in [0, 0.05) is 17.6 Å². The maximum Gasteiger partial charge on any atom is 0.253 e. The van der Waals surface area contributed by atoms with Gasteiger partial charge in [-0.2, -0.15) is 0 Å². The Labute approximate surface area is 187 Å². The fourth-order valence-electron chi connectivity index (χ4n) is 4.78. The Balaban J connectivity index is 1.63. The van der Waals surface area contributed by atoms with Gasteiger partial charge in [-0.05, 0) is 71.8 Å². The lowest BCUT2D eigenvalue weighted by Crippen LogP contribution is -2.41. The number of aromatic nitrogens is 5. The molecule has 0 bridgehead atoms. The van der Waals surface area contributed by atoms with E-state index in [1.54, 1.807) is 0 Å². The van der Waals surface area contributed by atoms with Crippen LogP contribution < -0.4 is 5.56 Å². The Bertz CT molecular complexity index is 1280. The molecule has 7 heteroatoms. The van der Waals surface area contributed by atoms with Crippen molar-refractivity contribution in [1.82, 2.24) is 30.1 Å². The number of rotatable bonds is 5. The molecule has 32 heavy (non-hydrogen) atoms. The fraction of sp³-hybridized carbons (Fsp3) is 0.360. The third kappa shape index (κ3) is 4.08. The van der Waals surface area contributed by atoms with Crippen LogP contribution >= 0.6 is 0 Å². The van der Waals surface area contributed by atoms with Gasteiger partial charge in [-0.15, -0.1) is 5.10 Å². The van der Waals surface area contributed by atoms with Crippen LogP contribution in [0.3, 0.4) is 0 Å². The van der Waals surface area contributed by atoms with Gasteiger partial charge >= 0.3 is 0 Å². The Kier molecular flexibility index (Phi) is 5.57. The van der Waals surface area contributed by atoms with Crippen molar-refractivity contribution >= 4 is 10.9 Å². The number of hydrogen-bond donors (Lipinski definition) is 1. The lowest BCUT2D eigenvalue weighted by molar-refractivity contribution is 0.141. The van der Waals surface area contributed by atoms with Gasteiger partial charge in [0.25, 0.3) is 5.56 Å². The van der Waals surface area contributed by atoms with Gasteiger partial charge in [-0.25, -0.2) is 4.68 Å². The zero-order chi connectivity index (χ0) is 22.1. The van der Waals surface area contributed by atoms with E-state index in [1.165, 1.54) is 6.42 Å². The average molecular weight is 429 g/mol. The molecule has 5 rings (SSSR count). The van der Waals surface area contributed by atoms with Gasteiger partial charge in [-0.3, -0.25) is 9.69 Å². The summed E-state index contributed by atoms with van der Waals surface area (Å²) in [4.78, 5) is 18.7. The lowest BCUT2D eigenvalue weighted by atomic mass is 9.95. The molecule has 0 unspecified atom stereocenters. The number of hydrogen-bond acceptors (Lipinski definition) is 5. The van der Waals surface area contributed by atoms with Crippen LogP contribution in [0.2, 0.25) is 0 Å². The van der Waals surface area contributed by atoms with Gasteiger partial charge in [-0.1, -0.05) is 48.9 Å². The molecule has 1 aliphatic heterocycles. The molecule has 1 aliphatic rings. The number of piperidine rings is 1. The van der Waals surface area contributed by atoms with Crippen molar-refractivity contribution in [3.63, 3.8) is 0 Å². The van der Waals surface area contributed by atoms with E-state index in [0.717, 1.165) is 41.5 Å². The van der Waals surface area contributed by atoms with Crippen LogP contribution in [-0.4, -0.2) is 43.2 Å². The standard InChI is InChI=1S/C25H28N6O/c1-17-10-11-22-20(13-17)14-21(25(32)26-22)23(30-12-6-7-18(2)15-30)24-27-28-29-31(24)16-19-8-4-3-5-9-19/h3-5,8-11,13-14,18,23H,6-7,12,15-16H2,1-2H3,(H,26,32)/t18-,23+/m1/s1. The van der Waals surface area contributed by atoms with Crippen molar-refractivity contribution in [1.29, 1.82) is 0 Å². The molecule has 0 radical (unpaired) electrons. The van der Waals surface area contributed by atoms with E-state index >= 15 is 0 Å². The number of likely N-dealkylation sites (tertiary alicyclic amines) is 1. The van der Waals surface area contributed by atoms with E-state index in [4.69, 9.17) is 0 Å². The van der Waals surface area contributed by atoms with Crippen molar-refractivity contribution in [2.75, 3.05) is 13.1 Å². The van der Waals surface area contributed by atoms with Crippen LogP contribution in [0.5, 0.6) is 0 Å². The number of fused-ring (bicyclic) bond motifs is 1. The topological polar surface area (TPSA) is 79.7 Å². The first-order valence-corrected chi connectivity index (χ1v) is 11.3. The Morgan fingerprint density at radius 2 is 2.00 bits per heavy atom. The van der Waals surface area contributed by atoms with E-state index in [9.17, 15) is 4.79 Å². The summed E-state index contributed by atoms with van der Waals surface area (Å²) in [5.74, 6) is 1.27. The third-order valence-corrected chi connectivity index (χ3v) is 6.36. The maximum atomic E-state index is 13.3. The van der Waals surface area contributed by atoms with Crippen molar-refractivity contribution in [2.24, 2.45) is 5.92 Å². The lowest BCUT2D eigenvalue weighted by Gasteiger charge is -2.36. The maximum absolute atomic E-state index is 13.3. The zero-order valence-electron chi connectivity index (χ0n) is 18.5. The Morgan fingerprint density at radius 3 is 2.81 bits per heavy atom. The van der Waals surface area contributed by atoms with Crippen LogP contribution in [0.15, 0.2) is 59.4 Å². The number of pyridine rings is 1. The Morgan fingerprint density at radius 1 is 1.16 bits per heavy atom. The second kappa shape index (κ2) is 8.67. The van der Waals surface area contributed by atoms with Crippen molar-refractivity contribution in [3.05, 3.63) is 87.5 Å². The summed E-state index contributed by atoms with van der Waals surface area (Å²) in [6.07, 6.45) is 2.30. The summed E-state index contributed by atoms with van der Waals surface area (Å²) in [6, 6.07) is 18.0. The highest BCUT2D eigenvalue weighted by atomic mass is 16.1. The molecule has 2 atom stereocenters. The molecule has 2 aromatic carbocycles. The first-order chi connectivity index (χ1) is 15.6. The van der Waals surface area contributed by atoms with E-state index in [-0.39, 0.29) is 11.6 Å². The zero-order valence-corrected chi connectivity index (χ0v) is 18.5. The van der Waals surface area contributed by atoms with Gasteiger partial charge in [0.1, 0.15) is 6.04 Å². The molecule has 1 fully saturated rings. The average Bonchev–Trinajstić information content (AvgIpc) is 3.23. The number of nitrogens with zero attached hydrogens (tertiary/aromatic N) is 5. The number of tetrazole rings is 1. The molecule has 0 amide bonds. The second-order valence-electron chi connectivity index (χ2n) is 8.97. The van der Waals surface area contributed by atoms with Crippen LogP contribution in [0.4, 0.5) is 0 Å². The molecule has 0 saturated carbocycles. The fourth-order valence-corrected chi connectivity index (χ4v) is 4.78. The minimum atomic E-state index is -0.301. The molecule has 0 aliphatic carbocycles. The molecule has 1 N–H and O–H groups in total. The Hall–Kier alpha value is -3.32. The van der Waals surface area contributed by atoms with Crippen molar-refractivity contribution in [2.45, 2.75) is 39.3 Å². The third-order valence-electron chi connectivity index (χ3n) is 6.36. The molecule has 4 aromatic rings. The number of aryl methyl sites for hydroxylation is 1. The highest BCUT2D eigenvalue weighted by molar-refractivity contribution is 5.79. The summed E-state index contributed by atoms with van der Waals surface area (Å²) in [6.45, 7) is 6.72. The van der Waals surface area contributed by atoms with Gasteiger partial charge < -0.3 is 4.98 Å². The van der Waals surface area contributed by atoms with E-state index in [2.05, 4.69) is 57.5 Å². The molecular weight excluding hydrogens is 400 g/mol. The van der Waals surface area contributed by atoms with E-state index < -0.39 is 0 Å². The second-order valence-corrected chi connectivity index (χ2v) is 8.97. The number of H-pyrrole nitrogens is 1. The van der Waals surface area contributed by atoms with E-state index in [0.29, 0.717) is 23.9 Å². The van der Waals surface area contributed by atoms with E-state index in [1.807, 2.05) is 41.1 Å². The SMILES string of the molecule is Cc1ccc2[nH]c(=O)c([C@@H](c3nnnn3Cc3ccccc3)N3CCC[C@@H](C)C3)cc2c1. The minimum absolute atomic E-state index is 0.0844. The summed E-state index contributed by atoms with van der Waals surface area (Å²) in [5, 5.41) is 13.8. The minimum Gasteiger partial charge on any atom is -0.322 e. The molecule has 164 valence electrons. The predicted molar refractivity (Wildman–Crippen MR) is 124 cm³/mol. The molecule has 1 saturated heterocycles. The van der Waals surface area contributed by atoms with Crippen LogP contribution in [0.1, 0.15) is 48.3 Å². The molecule has 7 nitrogen and oxygen atoms in total. The largest absolute Gasteiger partial charge is 0.322 e. The highest BCUT2D eigenvalue weighted by Gasteiger charge is 2.32. The first-order valence-electron chi connectivity index (χ1n) is 11.3. The molecule has 0 spiro atoms. The van der Waals surface area contributed by atoms with Gasteiger partial charge in [0.2, 0.25) is 0 Å². The molecule has 2 aromatic heterocycles. The first kappa shape index (κ1) is 20.6. The number of nitrogens with one attached hydrogen (secondary N) is 1. The summed E-state index contributed by atoms with van der Waals surface area (Å²) < 4.78 is 1.83. The van der Waals surface area contributed by atoms with Crippen molar-refractivity contribution in [3.8, 4) is 0 Å². The smallest absolute Gasteiger partial charge is 0.253 e. The number of benzene rings is 2. The van der Waals surface area contributed by atoms with Crippen LogP contribution in [0.25, 0.3) is 10.9 Å². The quantitative estimate of drug-likeness (QED) is 0.524. The highest BCUT2D eigenvalue weighted by Crippen LogP contribution is 2.31. The van der Waals surface area contributed by atoms with Gasteiger partial charge in [0.05, 0.1) is 6.54 Å². The summed E-state index contributed by atoms with van der Waals surface area (Å²) in [7, 11) is 0. The van der Waals surface area contributed by atoms with Crippen LogP contribution in [0, 0.1) is 12.8 Å². The van der Waals surface area contributed by atoms with Crippen molar-refractivity contribution < 1.29 is 0 Å². The van der Waals surface area contributed by atoms with Crippen LogP contribution in [-0.2, 0) is 6.54 Å². The molecular formula is C25H28N6O. The van der Waals surface area contributed by atoms with Gasteiger partial charge in [0.15, 0.2) is 5.82 Å². The number of aromatic amines is 1. The normalized spacial score (nSPS) is 18.1. The summed E-state index contributed by atoms with van der Waals surface area (Å²) >= 11 is 0. The molecule has 3 heterocycles. The predicted octanol–water partition coefficient (Wildman–Crippen LogP) is 3.69.